The van der Waals surface area contributed by atoms with Crippen LogP contribution in [0, 0.1) is 6.92 Å². The quantitative estimate of drug-likeness (QED) is 0.837. The van der Waals surface area contributed by atoms with Crippen LogP contribution >= 0.6 is 27.3 Å². The predicted molar refractivity (Wildman–Crippen MR) is 75.7 cm³/mol. The third kappa shape index (κ3) is 2.68. The molecule has 18 heavy (non-hydrogen) atoms. The van der Waals surface area contributed by atoms with Gasteiger partial charge in [-0.3, -0.25) is 4.72 Å². The Morgan fingerprint density at radius 3 is 2.56 bits per heavy atom. The van der Waals surface area contributed by atoms with Crippen molar-refractivity contribution in [3.63, 3.8) is 0 Å². The van der Waals surface area contributed by atoms with Crippen molar-refractivity contribution in [3.8, 4) is 5.75 Å². The van der Waals surface area contributed by atoms with E-state index >= 15 is 0 Å². The van der Waals surface area contributed by atoms with Gasteiger partial charge in [0.25, 0.3) is 10.0 Å². The molecule has 0 bridgehead atoms. The summed E-state index contributed by atoms with van der Waals surface area (Å²) in [4.78, 5) is 0.896. The first kappa shape index (κ1) is 13.4. The number of rotatable bonds is 3. The molecular formula is C11H10BrNO3S2. The van der Waals surface area contributed by atoms with Crippen molar-refractivity contribution in [2.24, 2.45) is 0 Å². The number of anilines is 1. The maximum Gasteiger partial charge on any atom is 0.263 e. The number of halogens is 1. The van der Waals surface area contributed by atoms with Crippen LogP contribution in [0.4, 0.5) is 5.69 Å². The fourth-order valence-corrected chi connectivity index (χ4v) is 4.95. The molecule has 1 aromatic heterocycles. The van der Waals surface area contributed by atoms with E-state index in [1.165, 1.54) is 23.5 Å². The average Bonchev–Trinajstić information content (AvgIpc) is 2.62. The van der Waals surface area contributed by atoms with Gasteiger partial charge < -0.3 is 5.11 Å². The third-order valence-corrected chi connectivity index (χ3v) is 5.45. The van der Waals surface area contributed by atoms with Crippen molar-refractivity contribution in [1.82, 2.24) is 0 Å². The highest BCUT2D eigenvalue weighted by atomic mass is 79.9. The van der Waals surface area contributed by atoms with Gasteiger partial charge in [0.15, 0.2) is 0 Å². The molecule has 0 radical (unpaired) electrons. The number of phenols is 1. The second kappa shape index (κ2) is 4.91. The maximum absolute atomic E-state index is 12.2. The van der Waals surface area contributed by atoms with E-state index < -0.39 is 10.0 Å². The summed E-state index contributed by atoms with van der Waals surface area (Å²) >= 11 is 4.60. The number of aryl methyl sites for hydroxylation is 1. The van der Waals surface area contributed by atoms with E-state index in [-0.39, 0.29) is 16.3 Å². The summed E-state index contributed by atoms with van der Waals surface area (Å²) in [6.07, 6.45) is 0. The van der Waals surface area contributed by atoms with Crippen molar-refractivity contribution < 1.29 is 13.5 Å². The highest BCUT2D eigenvalue weighted by Crippen LogP contribution is 2.32. The Hall–Kier alpha value is -1.05. The minimum absolute atomic E-state index is 0.104. The van der Waals surface area contributed by atoms with Crippen LogP contribution in [-0.4, -0.2) is 13.5 Å². The highest BCUT2D eigenvalue weighted by molar-refractivity contribution is 9.11. The third-order valence-electron chi connectivity index (χ3n) is 2.28. The second-order valence-corrected chi connectivity index (χ2v) is 7.88. The molecule has 0 saturated heterocycles. The first-order valence-electron chi connectivity index (χ1n) is 4.97. The molecule has 0 saturated carbocycles. The van der Waals surface area contributed by atoms with Gasteiger partial charge in [-0.05, 0) is 41.1 Å². The van der Waals surface area contributed by atoms with Crippen molar-refractivity contribution in [2.75, 3.05) is 4.72 Å². The van der Waals surface area contributed by atoms with Crippen LogP contribution in [0.5, 0.6) is 5.75 Å². The second-order valence-electron chi connectivity index (χ2n) is 3.59. The summed E-state index contributed by atoms with van der Waals surface area (Å²) in [5.41, 5.74) is 0.166. The molecule has 0 aliphatic rings. The Labute approximate surface area is 117 Å². The first-order chi connectivity index (χ1) is 8.40. The smallest absolute Gasteiger partial charge is 0.263 e. The van der Waals surface area contributed by atoms with E-state index in [4.69, 9.17) is 0 Å². The number of hydrogen-bond acceptors (Lipinski definition) is 4. The monoisotopic (exact) mass is 347 g/mol. The first-order valence-corrected chi connectivity index (χ1v) is 8.06. The molecule has 0 atom stereocenters. The zero-order valence-corrected chi connectivity index (χ0v) is 12.6. The Morgan fingerprint density at radius 2 is 2.00 bits per heavy atom. The number of benzene rings is 1. The number of para-hydroxylation sites is 2. The van der Waals surface area contributed by atoms with Crippen LogP contribution in [-0.2, 0) is 10.0 Å². The Morgan fingerprint density at radius 1 is 1.33 bits per heavy atom. The minimum Gasteiger partial charge on any atom is -0.506 e. The standard InChI is InChI=1S/C11H10BrNO3S2/c1-7-10(6-11(12)17-7)18(15,16)13-8-4-2-3-5-9(8)14/h2-6,13-14H,1H3. The van der Waals surface area contributed by atoms with Gasteiger partial charge in [0.2, 0.25) is 0 Å². The lowest BCUT2D eigenvalue weighted by atomic mass is 10.3. The van der Waals surface area contributed by atoms with Gasteiger partial charge >= 0.3 is 0 Å². The van der Waals surface area contributed by atoms with E-state index in [1.54, 1.807) is 25.1 Å². The predicted octanol–water partition coefficient (Wildman–Crippen LogP) is 3.33. The summed E-state index contributed by atoms with van der Waals surface area (Å²) in [6.45, 7) is 1.73. The van der Waals surface area contributed by atoms with Gasteiger partial charge in [-0.1, -0.05) is 12.1 Å². The zero-order chi connectivity index (χ0) is 13.3. The zero-order valence-electron chi connectivity index (χ0n) is 9.34. The molecular weight excluding hydrogens is 338 g/mol. The highest BCUT2D eigenvalue weighted by Gasteiger charge is 2.20. The van der Waals surface area contributed by atoms with Gasteiger partial charge in [0.05, 0.1) is 9.47 Å². The van der Waals surface area contributed by atoms with Gasteiger partial charge in [0.1, 0.15) is 10.6 Å². The Kier molecular flexibility index (Phi) is 3.65. The molecule has 96 valence electrons. The van der Waals surface area contributed by atoms with Crippen LogP contribution in [0.3, 0.4) is 0 Å². The SMILES string of the molecule is Cc1sc(Br)cc1S(=O)(=O)Nc1ccccc1O. The number of sulfonamides is 1. The molecule has 0 spiro atoms. The molecule has 0 aliphatic carbocycles. The topological polar surface area (TPSA) is 66.4 Å². The van der Waals surface area contributed by atoms with Crippen LogP contribution in [0.1, 0.15) is 4.88 Å². The minimum atomic E-state index is -3.68. The lowest BCUT2D eigenvalue weighted by Gasteiger charge is -2.08. The van der Waals surface area contributed by atoms with Gasteiger partial charge in [-0.25, -0.2) is 8.42 Å². The van der Waals surface area contributed by atoms with Crippen molar-refractivity contribution in [1.29, 1.82) is 0 Å². The molecule has 0 amide bonds. The lowest BCUT2D eigenvalue weighted by Crippen LogP contribution is -2.13. The normalized spacial score (nSPS) is 11.4. The fraction of sp³-hybridized carbons (Fsp3) is 0.0909. The summed E-state index contributed by atoms with van der Waals surface area (Å²) in [5, 5.41) is 9.56. The maximum atomic E-state index is 12.2. The van der Waals surface area contributed by atoms with Crippen molar-refractivity contribution in [3.05, 3.63) is 39.0 Å². The van der Waals surface area contributed by atoms with Crippen LogP contribution in [0.15, 0.2) is 39.0 Å². The Bertz CT molecular complexity index is 679. The molecule has 2 N–H and O–H groups in total. The average molecular weight is 348 g/mol. The molecule has 4 nitrogen and oxygen atoms in total. The number of aromatic hydroxyl groups is 1. The summed E-state index contributed by atoms with van der Waals surface area (Å²) in [7, 11) is -3.68. The van der Waals surface area contributed by atoms with E-state index in [1.807, 2.05) is 0 Å². The summed E-state index contributed by atoms with van der Waals surface area (Å²) in [5.74, 6) is -0.104. The molecule has 0 aliphatic heterocycles. The fourth-order valence-electron chi connectivity index (χ4n) is 1.46. The number of thiophene rings is 1. The molecule has 0 fully saturated rings. The van der Waals surface area contributed by atoms with Crippen molar-refractivity contribution >= 4 is 43.0 Å². The molecule has 2 rings (SSSR count). The summed E-state index contributed by atoms with van der Waals surface area (Å²) in [6, 6.07) is 7.74. The Balaban J connectivity index is 2.40. The van der Waals surface area contributed by atoms with E-state index in [0.29, 0.717) is 4.88 Å². The van der Waals surface area contributed by atoms with Crippen LogP contribution < -0.4 is 4.72 Å². The molecule has 0 unspecified atom stereocenters. The number of phenolic OH excluding ortho intramolecular Hbond substituents is 1. The van der Waals surface area contributed by atoms with E-state index in [9.17, 15) is 13.5 Å². The number of hydrogen-bond donors (Lipinski definition) is 2. The van der Waals surface area contributed by atoms with Gasteiger partial charge in [0, 0.05) is 4.88 Å². The molecule has 1 aromatic carbocycles. The van der Waals surface area contributed by atoms with E-state index in [0.717, 1.165) is 3.79 Å². The molecule has 2 aromatic rings. The van der Waals surface area contributed by atoms with Crippen molar-refractivity contribution in [2.45, 2.75) is 11.8 Å². The lowest BCUT2D eigenvalue weighted by molar-refractivity contribution is 0.477. The molecule has 7 heteroatoms. The van der Waals surface area contributed by atoms with Crippen LogP contribution in [0.25, 0.3) is 0 Å². The van der Waals surface area contributed by atoms with Crippen LogP contribution in [0.2, 0.25) is 0 Å². The van der Waals surface area contributed by atoms with Gasteiger partial charge in [-0.15, -0.1) is 11.3 Å². The van der Waals surface area contributed by atoms with E-state index in [2.05, 4.69) is 20.7 Å². The molecule has 1 heterocycles. The largest absolute Gasteiger partial charge is 0.506 e. The van der Waals surface area contributed by atoms with Gasteiger partial charge in [-0.2, -0.15) is 0 Å². The number of nitrogens with one attached hydrogen (secondary N) is 1. The summed E-state index contributed by atoms with van der Waals surface area (Å²) < 4.78 is 27.4.